The van der Waals surface area contributed by atoms with Crippen LogP contribution < -0.4 is 5.32 Å². The van der Waals surface area contributed by atoms with Crippen molar-refractivity contribution < 1.29 is 4.74 Å². The molecule has 100 valence electrons. The second-order valence-electron chi connectivity index (χ2n) is 5.95. The molecule has 3 nitrogen and oxygen atoms in total. The van der Waals surface area contributed by atoms with Gasteiger partial charge in [0, 0.05) is 32.3 Å². The minimum absolute atomic E-state index is 0.618. The zero-order valence-corrected chi connectivity index (χ0v) is 11.6. The van der Waals surface area contributed by atoms with Crippen molar-refractivity contribution in [1.29, 1.82) is 0 Å². The van der Waals surface area contributed by atoms with Gasteiger partial charge in [-0.2, -0.15) is 0 Å². The summed E-state index contributed by atoms with van der Waals surface area (Å²) in [5.41, 5.74) is 0. The van der Waals surface area contributed by atoms with Crippen molar-refractivity contribution in [3.05, 3.63) is 0 Å². The minimum Gasteiger partial charge on any atom is -0.383 e. The van der Waals surface area contributed by atoms with Crippen molar-refractivity contribution >= 4 is 0 Å². The van der Waals surface area contributed by atoms with Crippen LogP contribution >= 0.6 is 0 Å². The van der Waals surface area contributed by atoms with Gasteiger partial charge in [0.15, 0.2) is 0 Å². The number of fused-ring (bicyclic) bond motifs is 1. The van der Waals surface area contributed by atoms with Gasteiger partial charge in [0.1, 0.15) is 0 Å². The van der Waals surface area contributed by atoms with Crippen LogP contribution in [0.2, 0.25) is 0 Å². The smallest absolute Gasteiger partial charge is 0.0589 e. The molecular formula is C14H28N2O. The molecule has 0 bridgehead atoms. The zero-order valence-electron chi connectivity index (χ0n) is 11.6. The fourth-order valence-corrected chi connectivity index (χ4v) is 3.52. The van der Waals surface area contributed by atoms with Crippen LogP contribution in [0.15, 0.2) is 0 Å². The number of methoxy groups -OCH3 is 1. The van der Waals surface area contributed by atoms with Gasteiger partial charge in [-0.1, -0.05) is 6.42 Å². The van der Waals surface area contributed by atoms with E-state index in [0.29, 0.717) is 6.04 Å². The molecular weight excluding hydrogens is 212 g/mol. The molecule has 0 amide bonds. The van der Waals surface area contributed by atoms with Gasteiger partial charge in [0.05, 0.1) is 6.61 Å². The third kappa shape index (κ3) is 3.21. The van der Waals surface area contributed by atoms with Gasteiger partial charge >= 0.3 is 0 Å². The Bertz CT molecular complexity index is 232. The molecule has 1 N–H and O–H groups in total. The molecule has 0 aromatic carbocycles. The van der Waals surface area contributed by atoms with E-state index in [1.54, 1.807) is 7.11 Å². The normalized spacial score (nSPS) is 32.6. The highest BCUT2D eigenvalue weighted by molar-refractivity contribution is 4.95. The predicted octanol–water partition coefficient (Wildman–Crippen LogP) is 1.73. The molecule has 1 saturated carbocycles. The Kier molecular flexibility index (Phi) is 4.83. The first-order valence-corrected chi connectivity index (χ1v) is 7.18. The Balaban J connectivity index is 1.84. The monoisotopic (exact) mass is 240 g/mol. The van der Waals surface area contributed by atoms with E-state index in [1.165, 1.54) is 32.4 Å². The number of nitrogens with zero attached hydrogens (tertiary/aromatic N) is 1. The van der Waals surface area contributed by atoms with Crippen LogP contribution in [0.4, 0.5) is 0 Å². The van der Waals surface area contributed by atoms with Crippen LogP contribution in [-0.2, 0) is 4.74 Å². The first-order chi connectivity index (χ1) is 8.22. The fourth-order valence-electron chi connectivity index (χ4n) is 3.52. The fraction of sp³-hybridized carbons (Fsp3) is 1.00. The van der Waals surface area contributed by atoms with Gasteiger partial charge in [-0.3, -0.25) is 4.90 Å². The van der Waals surface area contributed by atoms with E-state index in [1.807, 2.05) is 0 Å². The largest absolute Gasteiger partial charge is 0.383 e. The summed E-state index contributed by atoms with van der Waals surface area (Å²) in [6, 6.07) is 1.34. The zero-order chi connectivity index (χ0) is 12.3. The molecule has 2 aliphatic rings. The van der Waals surface area contributed by atoms with Crippen molar-refractivity contribution in [3.63, 3.8) is 0 Å². The van der Waals surface area contributed by atoms with E-state index in [4.69, 9.17) is 4.74 Å². The summed E-state index contributed by atoms with van der Waals surface area (Å²) in [5.74, 6) is 1.91. The number of rotatable bonds is 6. The van der Waals surface area contributed by atoms with Gasteiger partial charge in [-0.15, -0.1) is 0 Å². The first kappa shape index (κ1) is 13.3. The molecule has 1 saturated heterocycles. The van der Waals surface area contributed by atoms with E-state index in [9.17, 15) is 0 Å². The van der Waals surface area contributed by atoms with Crippen molar-refractivity contribution in [1.82, 2.24) is 10.2 Å². The molecule has 3 atom stereocenters. The second-order valence-corrected chi connectivity index (χ2v) is 5.95. The quantitative estimate of drug-likeness (QED) is 0.765. The summed E-state index contributed by atoms with van der Waals surface area (Å²) in [6.45, 7) is 8.93. The van der Waals surface area contributed by atoms with Gasteiger partial charge in [0.25, 0.3) is 0 Å². The summed E-state index contributed by atoms with van der Waals surface area (Å²) in [4.78, 5) is 2.56. The minimum atomic E-state index is 0.618. The summed E-state index contributed by atoms with van der Waals surface area (Å²) in [6.07, 6.45) is 4.35. The van der Waals surface area contributed by atoms with Gasteiger partial charge < -0.3 is 10.1 Å². The van der Waals surface area contributed by atoms with Crippen LogP contribution in [0.3, 0.4) is 0 Å². The van der Waals surface area contributed by atoms with E-state index >= 15 is 0 Å². The molecule has 0 spiro atoms. The first-order valence-electron chi connectivity index (χ1n) is 7.18. The van der Waals surface area contributed by atoms with Gasteiger partial charge in [0.2, 0.25) is 0 Å². The highest BCUT2D eigenvalue weighted by Crippen LogP contribution is 2.37. The Hall–Kier alpha value is -0.120. The second kappa shape index (κ2) is 6.17. The highest BCUT2D eigenvalue weighted by Gasteiger charge is 2.39. The standard InChI is InChI=1S/C14H28N2O/c1-11(2)16(7-8-17-3)10-14-13-6-4-5-12(13)9-15-14/h11-15H,4-10H2,1-3H3. The molecule has 17 heavy (non-hydrogen) atoms. The molecule has 1 aliphatic carbocycles. The lowest BCUT2D eigenvalue weighted by molar-refractivity contribution is 0.117. The Morgan fingerprint density at radius 3 is 2.88 bits per heavy atom. The molecule has 1 aliphatic heterocycles. The summed E-state index contributed by atoms with van der Waals surface area (Å²) >= 11 is 0. The average Bonchev–Trinajstić information content (AvgIpc) is 2.87. The molecule has 0 aromatic rings. The number of nitrogens with one attached hydrogen (secondary N) is 1. The number of hydrogen-bond donors (Lipinski definition) is 1. The molecule has 0 aromatic heterocycles. The summed E-state index contributed by atoms with van der Waals surface area (Å²) < 4.78 is 5.21. The Labute approximate surface area is 106 Å². The van der Waals surface area contributed by atoms with Crippen LogP contribution in [0.1, 0.15) is 33.1 Å². The average molecular weight is 240 g/mol. The number of ether oxygens (including phenoxy) is 1. The molecule has 0 radical (unpaired) electrons. The summed E-state index contributed by atoms with van der Waals surface area (Å²) in [5, 5.41) is 3.74. The van der Waals surface area contributed by atoms with Gasteiger partial charge in [-0.05, 0) is 45.1 Å². The van der Waals surface area contributed by atoms with Crippen LogP contribution in [0.5, 0.6) is 0 Å². The van der Waals surface area contributed by atoms with E-state index in [0.717, 1.165) is 31.0 Å². The summed E-state index contributed by atoms with van der Waals surface area (Å²) in [7, 11) is 1.79. The number of hydrogen-bond acceptors (Lipinski definition) is 3. The highest BCUT2D eigenvalue weighted by atomic mass is 16.5. The van der Waals surface area contributed by atoms with Crippen LogP contribution in [-0.4, -0.2) is 50.3 Å². The van der Waals surface area contributed by atoms with E-state index in [2.05, 4.69) is 24.1 Å². The third-order valence-corrected chi connectivity index (χ3v) is 4.62. The Morgan fingerprint density at radius 1 is 1.35 bits per heavy atom. The maximum absolute atomic E-state index is 5.21. The lowest BCUT2D eigenvalue weighted by Crippen LogP contribution is -2.44. The molecule has 1 heterocycles. The third-order valence-electron chi connectivity index (χ3n) is 4.62. The maximum Gasteiger partial charge on any atom is 0.0589 e. The molecule has 2 rings (SSSR count). The molecule has 3 heteroatoms. The van der Waals surface area contributed by atoms with Crippen LogP contribution in [0, 0.1) is 11.8 Å². The lowest BCUT2D eigenvalue weighted by atomic mass is 9.93. The van der Waals surface area contributed by atoms with Crippen molar-refractivity contribution in [2.24, 2.45) is 11.8 Å². The van der Waals surface area contributed by atoms with E-state index < -0.39 is 0 Å². The van der Waals surface area contributed by atoms with Crippen molar-refractivity contribution in [2.45, 2.75) is 45.2 Å². The van der Waals surface area contributed by atoms with Crippen molar-refractivity contribution in [2.75, 3.05) is 33.4 Å². The lowest BCUT2D eigenvalue weighted by Gasteiger charge is -2.31. The SMILES string of the molecule is COCCN(CC1NCC2CCCC21)C(C)C. The topological polar surface area (TPSA) is 24.5 Å². The molecule has 2 fully saturated rings. The van der Waals surface area contributed by atoms with Gasteiger partial charge in [-0.25, -0.2) is 0 Å². The van der Waals surface area contributed by atoms with Crippen molar-refractivity contribution in [3.8, 4) is 0 Å². The van der Waals surface area contributed by atoms with E-state index in [-0.39, 0.29) is 0 Å². The Morgan fingerprint density at radius 2 is 2.18 bits per heavy atom. The molecule has 3 unspecified atom stereocenters. The predicted molar refractivity (Wildman–Crippen MR) is 71.2 cm³/mol. The van der Waals surface area contributed by atoms with Crippen LogP contribution in [0.25, 0.3) is 0 Å². The maximum atomic E-state index is 5.21.